The summed E-state index contributed by atoms with van der Waals surface area (Å²) >= 11 is 0. The quantitative estimate of drug-likeness (QED) is 0.306. The first-order chi connectivity index (χ1) is 11.2. The van der Waals surface area contributed by atoms with Crippen molar-refractivity contribution in [2.45, 2.75) is 51.4 Å². The number of rotatable bonds is 6. The first-order valence-electron chi connectivity index (χ1n) is 8.64. The molecular weight excluding hydrogens is 417 g/mol. The lowest BCUT2D eigenvalue weighted by molar-refractivity contribution is 0.0992. The van der Waals surface area contributed by atoms with E-state index >= 15 is 0 Å². The molecule has 5 nitrogen and oxygen atoms in total. The number of nitrogens with zero attached hydrogens (tertiary/aromatic N) is 1. The average molecular weight is 445 g/mol. The molecule has 2 bridgehead atoms. The molecule has 2 fully saturated rings. The standard InChI is InChI=1S/C18H27N3O2.HI/c1-3-19-18(21-16-12-15-8-9-17(16)23-15)20-10-11-22-14-6-4-13(2)5-7-14;/h4-7,15-17H,3,8-12H2,1-2H3,(H2,19,20,21);1H. The first kappa shape index (κ1) is 19.3. The van der Waals surface area contributed by atoms with Crippen LogP contribution in [0.4, 0.5) is 0 Å². The Morgan fingerprint density at radius 1 is 1.29 bits per heavy atom. The van der Waals surface area contributed by atoms with Crippen LogP contribution in [0.5, 0.6) is 5.75 Å². The van der Waals surface area contributed by atoms with Crippen molar-refractivity contribution in [3.05, 3.63) is 29.8 Å². The van der Waals surface area contributed by atoms with E-state index in [1.165, 1.54) is 12.0 Å². The Morgan fingerprint density at radius 2 is 2.08 bits per heavy atom. The van der Waals surface area contributed by atoms with Gasteiger partial charge in [0.2, 0.25) is 0 Å². The van der Waals surface area contributed by atoms with Gasteiger partial charge in [-0.05, 0) is 45.2 Å². The highest BCUT2D eigenvalue weighted by atomic mass is 127. The molecule has 2 saturated heterocycles. The van der Waals surface area contributed by atoms with Crippen molar-refractivity contribution in [1.82, 2.24) is 10.6 Å². The average Bonchev–Trinajstić information content (AvgIpc) is 3.16. The number of halogens is 1. The summed E-state index contributed by atoms with van der Waals surface area (Å²) in [5.41, 5.74) is 1.24. The van der Waals surface area contributed by atoms with Gasteiger partial charge >= 0.3 is 0 Å². The number of ether oxygens (including phenoxy) is 2. The molecule has 2 aliphatic rings. The Balaban J connectivity index is 0.00000208. The number of guanidine groups is 1. The van der Waals surface area contributed by atoms with Crippen molar-refractivity contribution >= 4 is 29.9 Å². The minimum absolute atomic E-state index is 0. The molecule has 0 radical (unpaired) electrons. The van der Waals surface area contributed by atoms with Crippen molar-refractivity contribution in [1.29, 1.82) is 0 Å². The van der Waals surface area contributed by atoms with Crippen LogP contribution in [0, 0.1) is 6.92 Å². The molecule has 0 aromatic heterocycles. The summed E-state index contributed by atoms with van der Waals surface area (Å²) in [7, 11) is 0. The number of aliphatic imine (C=N–C) groups is 1. The van der Waals surface area contributed by atoms with E-state index in [1.54, 1.807) is 0 Å². The second-order valence-electron chi connectivity index (χ2n) is 6.28. The third-order valence-corrected chi connectivity index (χ3v) is 4.42. The van der Waals surface area contributed by atoms with Gasteiger partial charge in [0.1, 0.15) is 12.4 Å². The third kappa shape index (κ3) is 5.24. The van der Waals surface area contributed by atoms with E-state index in [0.29, 0.717) is 31.4 Å². The summed E-state index contributed by atoms with van der Waals surface area (Å²) in [5, 5.41) is 6.82. The van der Waals surface area contributed by atoms with E-state index in [-0.39, 0.29) is 24.0 Å². The van der Waals surface area contributed by atoms with Crippen LogP contribution < -0.4 is 15.4 Å². The van der Waals surface area contributed by atoms with Crippen LogP contribution in [0.2, 0.25) is 0 Å². The van der Waals surface area contributed by atoms with Crippen LogP contribution >= 0.6 is 24.0 Å². The predicted octanol–water partition coefficient (Wildman–Crippen LogP) is 2.87. The smallest absolute Gasteiger partial charge is 0.191 e. The number of benzene rings is 1. The molecule has 6 heteroatoms. The molecule has 2 N–H and O–H groups in total. The topological polar surface area (TPSA) is 54.9 Å². The Morgan fingerprint density at radius 3 is 2.71 bits per heavy atom. The lowest BCUT2D eigenvalue weighted by Crippen LogP contribution is -2.47. The van der Waals surface area contributed by atoms with E-state index in [1.807, 2.05) is 12.1 Å². The molecule has 0 spiro atoms. The van der Waals surface area contributed by atoms with Crippen molar-refractivity contribution in [3.8, 4) is 5.75 Å². The zero-order chi connectivity index (χ0) is 16.1. The highest BCUT2D eigenvalue weighted by Crippen LogP contribution is 2.34. The molecule has 0 aliphatic carbocycles. The maximum Gasteiger partial charge on any atom is 0.191 e. The minimum atomic E-state index is 0. The molecule has 1 aromatic carbocycles. The number of aryl methyl sites for hydroxylation is 1. The maximum atomic E-state index is 5.89. The fourth-order valence-electron chi connectivity index (χ4n) is 3.24. The van der Waals surface area contributed by atoms with Crippen LogP contribution in [0.15, 0.2) is 29.3 Å². The van der Waals surface area contributed by atoms with Crippen LogP contribution in [0.3, 0.4) is 0 Å². The molecule has 2 heterocycles. The van der Waals surface area contributed by atoms with Crippen molar-refractivity contribution in [2.24, 2.45) is 4.99 Å². The van der Waals surface area contributed by atoms with Gasteiger partial charge in [0, 0.05) is 6.54 Å². The van der Waals surface area contributed by atoms with E-state index in [4.69, 9.17) is 9.47 Å². The van der Waals surface area contributed by atoms with Crippen LogP contribution in [-0.4, -0.2) is 43.9 Å². The summed E-state index contributed by atoms with van der Waals surface area (Å²) in [6, 6.07) is 8.49. The van der Waals surface area contributed by atoms with E-state index in [2.05, 4.69) is 41.6 Å². The van der Waals surface area contributed by atoms with E-state index in [9.17, 15) is 0 Å². The molecule has 1 aromatic rings. The fourth-order valence-corrected chi connectivity index (χ4v) is 3.24. The van der Waals surface area contributed by atoms with Crippen molar-refractivity contribution in [2.75, 3.05) is 19.7 Å². The zero-order valence-corrected chi connectivity index (χ0v) is 16.8. The summed E-state index contributed by atoms with van der Waals surface area (Å²) < 4.78 is 11.6. The largest absolute Gasteiger partial charge is 0.492 e. The zero-order valence-electron chi connectivity index (χ0n) is 14.5. The lowest BCUT2D eigenvalue weighted by Gasteiger charge is -2.22. The summed E-state index contributed by atoms with van der Waals surface area (Å²) in [5.74, 6) is 1.76. The first-order valence-corrected chi connectivity index (χ1v) is 8.64. The number of hydrogen-bond donors (Lipinski definition) is 2. The molecule has 2 aliphatic heterocycles. The summed E-state index contributed by atoms with van der Waals surface area (Å²) in [4.78, 5) is 4.61. The van der Waals surface area contributed by atoms with E-state index in [0.717, 1.165) is 31.1 Å². The molecule has 134 valence electrons. The Bertz CT molecular complexity index is 536. The predicted molar refractivity (Wildman–Crippen MR) is 108 cm³/mol. The molecule has 0 amide bonds. The van der Waals surface area contributed by atoms with Gasteiger partial charge in [0.05, 0.1) is 24.8 Å². The van der Waals surface area contributed by atoms with Crippen LogP contribution in [-0.2, 0) is 4.74 Å². The SMILES string of the molecule is CCNC(=NCCOc1ccc(C)cc1)NC1CC2CCC1O2.I. The minimum Gasteiger partial charge on any atom is -0.492 e. The number of nitrogens with one attached hydrogen (secondary N) is 2. The van der Waals surface area contributed by atoms with Crippen molar-refractivity contribution in [3.63, 3.8) is 0 Å². The Labute approximate surface area is 161 Å². The van der Waals surface area contributed by atoms with Gasteiger partial charge in [-0.15, -0.1) is 24.0 Å². The Kier molecular flexibility index (Phi) is 7.61. The molecule has 0 saturated carbocycles. The normalized spacial score (nSPS) is 25.2. The number of fused-ring (bicyclic) bond motifs is 2. The van der Waals surface area contributed by atoms with Gasteiger partial charge in [-0.1, -0.05) is 17.7 Å². The molecule has 3 rings (SSSR count). The lowest BCUT2D eigenvalue weighted by atomic mass is 9.96. The van der Waals surface area contributed by atoms with Gasteiger partial charge in [0.15, 0.2) is 5.96 Å². The van der Waals surface area contributed by atoms with E-state index < -0.39 is 0 Å². The summed E-state index contributed by atoms with van der Waals surface area (Å²) in [6.07, 6.45) is 4.27. The second-order valence-corrected chi connectivity index (χ2v) is 6.28. The molecular formula is C18H28IN3O2. The van der Waals surface area contributed by atoms with Gasteiger partial charge in [0.25, 0.3) is 0 Å². The van der Waals surface area contributed by atoms with Crippen LogP contribution in [0.1, 0.15) is 31.7 Å². The fraction of sp³-hybridized carbons (Fsp3) is 0.611. The maximum absolute atomic E-state index is 5.89. The molecule has 3 atom stereocenters. The highest BCUT2D eigenvalue weighted by molar-refractivity contribution is 14.0. The second kappa shape index (κ2) is 9.46. The van der Waals surface area contributed by atoms with Gasteiger partial charge < -0.3 is 20.1 Å². The van der Waals surface area contributed by atoms with Crippen molar-refractivity contribution < 1.29 is 9.47 Å². The molecule has 3 unspecified atom stereocenters. The number of hydrogen-bond acceptors (Lipinski definition) is 3. The van der Waals surface area contributed by atoms with Gasteiger partial charge in [-0.2, -0.15) is 0 Å². The van der Waals surface area contributed by atoms with Crippen LogP contribution in [0.25, 0.3) is 0 Å². The van der Waals surface area contributed by atoms with Gasteiger partial charge in [-0.25, -0.2) is 4.99 Å². The Hall–Kier alpha value is -1.02. The summed E-state index contributed by atoms with van der Waals surface area (Å²) in [6.45, 7) is 6.21. The molecule has 24 heavy (non-hydrogen) atoms. The monoisotopic (exact) mass is 445 g/mol. The van der Waals surface area contributed by atoms with Gasteiger partial charge in [-0.3, -0.25) is 0 Å². The third-order valence-electron chi connectivity index (χ3n) is 4.42. The highest BCUT2D eigenvalue weighted by Gasteiger charge is 2.41.